The summed E-state index contributed by atoms with van der Waals surface area (Å²) in [5, 5.41) is 13.9. The summed E-state index contributed by atoms with van der Waals surface area (Å²) in [5.74, 6) is 4.41. The first kappa shape index (κ1) is 33.4. The van der Waals surface area contributed by atoms with Crippen molar-refractivity contribution in [1.29, 1.82) is 5.26 Å². The fourth-order valence-corrected chi connectivity index (χ4v) is 10.1. The lowest BCUT2D eigenvalue weighted by Gasteiger charge is -2.51. The number of aromatic nitrogens is 3. The zero-order chi connectivity index (χ0) is 37.1. The maximum absolute atomic E-state index is 9.61. The van der Waals surface area contributed by atoms with Gasteiger partial charge in [-0.25, -0.2) is 15.0 Å². The Morgan fingerprint density at radius 2 is 1.31 bits per heavy atom. The van der Waals surface area contributed by atoms with Gasteiger partial charge in [0.15, 0.2) is 23.1 Å². The molecule has 5 heteroatoms. The van der Waals surface area contributed by atoms with E-state index in [1.807, 2.05) is 18.2 Å². The van der Waals surface area contributed by atoms with Crippen molar-refractivity contribution in [2.45, 2.75) is 57.8 Å². The van der Waals surface area contributed by atoms with Crippen LogP contribution in [-0.2, 0) is 5.41 Å². The van der Waals surface area contributed by atoms with E-state index in [4.69, 9.17) is 19.4 Å². The Hall–Kier alpha value is -6.12. The number of hydrogen-bond donors (Lipinski definition) is 0. The minimum Gasteiger partial charge on any atom is -0.455 e. The largest absolute Gasteiger partial charge is 0.455 e. The molecular formula is C50H42N4O. The van der Waals surface area contributed by atoms with Crippen molar-refractivity contribution >= 4 is 32.7 Å². The van der Waals surface area contributed by atoms with Gasteiger partial charge in [-0.15, -0.1) is 0 Å². The Morgan fingerprint density at radius 1 is 0.636 bits per heavy atom. The zero-order valence-corrected chi connectivity index (χ0v) is 31.3. The van der Waals surface area contributed by atoms with Gasteiger partial charge in [-0.1, -0.05) is 123 Å². The molecule has 1 unspecified atom stereocenters. The first-order valence-corrected chi connectivity index (χ1v) is 19.8. The van der Waals surface area contributed by atoms with Gasteiger partial charge in [0.2, 0.25) is 0 Å². The van der Waals surface area contributed by atoms with Gasteiger partial charge in [0.25, 0.3) is 0 Å². The zero-order valence-electron chi connectivity index (χ0n) is 31.3. The number of hydrogen-bond acceptors (Lipinski definition) is 5. The van der Waals surface area contributed by atoms with Crippen molar-refractivity contribution in [1.82, 2.24) is 15.0 Å². The molecule has 4 atom stereocenters. The summed E-state index contributed by atoms with van der Waals surface area (Å²) in [6.07, 6.45) is 7.96. The van der Waals surface area contributed by atoms with Gasteiger partial charge in [-0.2, -0.15) is 5.26 Å². The summed E-state index contributed by atoms with van der Waals surface area (Å²) in [6.45, 7) is 4.83. The minimum absolute atomic E-state index is 0.275. The van der Waals surface area contributed by atoms with Crippen LogP contribution in [0.1, 0.15) is 63.5 Å². The lowest BCUT2D eigenvalue weighted by molar-refractivity contribution is 0.0702. The van der Waals surface area contributed by atoms with Crippen LogP contribution in [0.2, 0.25) is 0 Å². The van der Waals surface area contributed by atoms with E-state index in [0.29, 0.717) is 28.6 Å². The van der Waals surface area contributed by atoms with Crippen LogP contribution >= 0.6 is 0 Å². The van der Waals surface area contributed by atoms with Gasteiger partial charge in [-0.3, -0.25) is 0 Å². The predicted octanol–water partition coefficient (Wildman–Crippen LogP) is 13.0. The van der Waals surface area contributed by atoms with Gasteiger partial charge in [-0.05, 0) is 107 Å². The fourth-order valence-electron chi connectivity index (χ4n) is 10.1. The van der Waals surface area contributed by atoms with Gasteiger partial charge in [0.1, 0.15) is 11.7 Å². The second-order valence-corrected chi connectivity index (χ2v) is 16.2. The summed E-state index contributed by atoms with van der Waals surface area (Å²) in [5.41, 5.74) is 8.74. The van der Waals surface area contributed by atoms with E-state index in [-0.39, 0.29) is 5.41 Å². The molecule has 5 nitrogen and oxygen atoms in total. The van der Waals surface area contributed by atoms with E-state index >= 15 is 0 Å². The van der Waals surface area contributed by atoms with Crippen LogP contribution in [0.3, 0.4) is 0 Å². The molecule has 0 N–H and O–H groups in total. The Balaban J connectivity index is 1.03. The maximum atomic E-state index is 9.61. The third kappa shape index (κ3) is 5.97. The molecule has 2 aliphatic rings. The predicted molar refractivity (Wildman–Crippen MR) is 222 cm³/mol. The smallest absolute Gasteiger partial charge is 0.164 e. The molecule has 0 radical (unpaired) electrons. The maximum Gasteiger partial charge on any atom is 0.164 e. The number of furan rings is 1. The molecule has 2 aliphatic carbocycles. The third-order valence-corrected chi connectivity index (χ3v) is 12.6. The van der Waals surface area contributed by atoms with Crippen LogP contribution < -0.4 is 0 Å². The van der Waals surface area contributed by atoms with Crippen LogP contribution in [-0.4, -0.2) is 15.0 Å². The molecule has 0 aliphatic heterocycles. The molecule has 0 spiro atoms. The Kier molecular flexibility index (Phi) is 8.10. The highest BCUT2D eigenvalue weighted by Gasteiger charge is 2.45. The van der Waals surface area contributed by atoms with Crippen molar-refractivity contribution < 1.29 is 4.42 Å². The van der Waals surface area contributed by atoms with Gasteiger partial charge in [0.05, 0.1) is 5.56 Å². The van der Waals surface area contributed by atoms with Crippen LogP contribution in [0.15, 0.2) is 132 Å². The monoisotopic (exact) mass is 714 g/mol. The number of nitrogens with zero attached hydrogens (tertiary/aromatic N) is 4. The standard InChI is InChI=1S/C50H42N4O/c1-3-32-24-33-23-31(2)27-50(28-32,29-33)42-20-17-37(18-21-42)48-52-47(53-49(54-48)40-16-13-34-7-4-5-8-38(34)25-40)36-14-11-35(12-15-36)39-19-22-45-44(26-39)43-10-6-9-41(30-51)46(43)55-45/h4-22,25-26,31-33H,3,23-24,27-29H2,1-2H3/t31-,32+,33-,50?/m0/s1. The van der Waals surface area contributed by atoms with E-state index in [0.717, 1.165) is 67.3 Å². The Bertz CT molecular complexity index is 2770. The Labute approximate surface area is 321 Å². The quantitative estimate of drug-likeness (QED) is 0.171. The number of benzene rings is 6. The summed E-state index contributed by atoms with van der Waals surface area (Å²) in [7, 11) is 0. The molecule has 0 amide bonds. The average Bonchev–Trinajstić information content (AvgIpc) is 3.61. The first-order valence-electron chi connectivity index (χ1n) is 19.8. The number of rotatable bonds is 6. The molecule has 268 valence electrons. The summed E-state index contributed by atoms with van der Waals surface area (Å²) in [4.78, 5) is 15.3. The van der Waals surface area contributed by atoms with Crippen molar-refractivity contribution in [3.05, 3.63) is 139 Å². The van der Waals surface area contributed by atoms with E-state index in [2.05, 4.69) is 123 Å². The molecule has 8 aromatic rings. The molecule has 2 aromatic heterocycles. The molecular weight excluding hydrogens is 673 g/mol. The van der Waals surface area contributed by atoms with Crippen molar-refractivity contribution in [2.75, 3.05) is 0 Å². The second-order valence-electron chi connectivity index (χ2n) is 16.2. The molecule has 2 heterocycles. The highest BCUT2D eigenvalue weighted by molar-refractivity contribution is 6.07. The Morgan fingerprint density at radius 3 is 2.05 bits per heavy atom. The third-order valence-electron chi connectivity index (χ3n) is 12.6. The molecule has 2 bridgehead atoms. The van der Waals surface area contributed by atoms with Crippen LogP contribution in [0, 0.1) is 29.1 Å². The molecule has 6 aromatic carbocycles. The van der Waals surface area contributed by atoms with E-state index in [1.54, 1.807) is 6.07 Å². The number of nitriles is 1. The number of fused-ring (bicyclic) bond motifs is 6. The van der Waals surface area contributed by atoms with Crippen LogP contribution in [0.25, 0.3) is 78.0 Å². The molecule has 2 fully saturated rings. The number of para-hydroxylation sites is 1. The topological polar surface area (TPSA) is 75.6 Å². The van der Waals surface area contributed by atoms with Crippen molar-refractivity contribution in [3.8, 4) is 51.4 Å². The lowest BCUT2D eigenvalue weighted by Crippen LogP contribution is -2.42. The van der Waals surface area contributed by atoms with Crippen molar-refractivity contribution in [3.63, 3.8) is 0 Å². The van der Waals surface area contributed by atoms with Crippen molar-refractivity contribution in [2.24, 2.45) is 17.8 Å². The second kappa shape index (κ2) is 13.3. The van der Waals surface area contributed by atoms with E-state index in [9.17, 15) is 5.26 Å². The molecule has 55 heavy (non-hydrogen) atoms. The summed E-state index contributed by atoms with van der Waals surface area (Å²) in [6, 6.07) is 46.7. The summed E-state index contributed by atoms with van der Waals surface area (Å²) >= 11 is 0. The average molecular weight is 715 g/mol. The lowest BCUT2D eigenvalue weighted by atomic mass is 9.54. The first-order chi connectivity index (χ1) is 26.9. The van der Waals surface area contributed by atoms with Gasteiger partial charge < -0.3 is 4.42 Å². The normalized spacial score (nSPS) is 20.9. The van der Waals surface area contributed by atoms with Gasteiger partial charge >= 0.3 is 0 Å². The highest BCUT2D eigenvalue weighted by atomic mass is 16.3. The highest BCUT2D eigenvalue weighted by Crippen LogP contribution is 2.54. The van der Waals surface area contributed by atoms with E-state index < -0.39 is 0 Å². The van der Waals surface area contributed by atoms with E-state index in [1.165, 1.54) is 49.5 Å². The van der Waals surface area contributed by atoms with Crippen LogP contribution in [0.5, 0.6) is 0 Å². The van der Waals surface area contributed by atoms with Gasteiger partial charge in [0, 0.05) is 27.5 Å². The minimum atomic E-state index is 0.275. The molecule has 0 saturated heterocycles. The molecule has 2 saturated carbocycles. The summed E-state index contributed by atoms with van der Waals surface area (Å²) < 4.78 is 6.08. The molecule has 10 rings (SSSR count). The van der Waals surface area contributed by atoms with Crippen LogP contribution in [0.4, 0.5) is 0 Å². The fraction of sp³-hybridized carbons (Fsp3) is 0.240. The SMILES string of the molecule is CC[C@@H]1C[C@@H]2C[C@H](C)CC(c3ccc(-c4nc(-c5ccc(-c6ccc7oc8c(C#N)cccc8c7c6)cc5)nc(-c5ccc6ccccc6c5)n4)cc3)(C1)C2.